The van der Waals surface area contributed by atoms with Crippen molar-refractivity contribution >= 4 is 43.5 Å². The van der Waals surface area contributed by atoms with Crippen LogP contribution >= 0.6 is 11.3 Å². The minimum absolute atomic E-state index is 0.00849. The molecular formula is C26H30N6O8S2. The monoisotopic (exact) mass is 618 g/mol. The number of carboxylic acid groups (broad SMARTS) is 1. The van der Waals surface area contributed by atoms with Gasteiger partial charge in [-0.25, -0.2) is 28.0 Å². The van der Waals surface area contributed by atoms with Crippen molar-refractivity contribution < 1.29 is 37.7 Å². The van der Waals surface area contributed by atoms with Crippen LogP contribution in [0.4, 0.5) is 0 Å². The second-order valence-electron chi connectivity index (χ2n) is 9.64. The van der Waals surface area contributed by atoms with Gasteiger partial charge in [0.1, 0.15) is 42.5 Å². The highest BCUT2D eigenvalue weighted by atomic mass is 32.2. The Bertz CT molecular complexity index is 1650. The summed E-state index contributed by atoms with van der Waals surface area (Å²) in [7, 11) is -3.92. The van der Waals surface area contributed by atoms with Crippen LogP contribution in [0.5, 0.6) is 11.5 Å². The smallest absolute Gasteiger partial charge is 0.326 e. The largest absolute Gasteiger partial charge is 0.491 e. The van der Waals surface area contributed by atoms with E-state index in [9.17, 15) is 23.1 Å². The van der Waals surface area contributed by atoms with Crippen molar-refractivity contribution in [2.45, 2.75) is 43.3 Å². The summed E-state index contributed by atoms with van der Waals surface area (Å²) in [6.07, 6.45) is 1.60. The summed E-state index contributed by atoms with van der Waals surface area (Å²) in [6.45, 7) is 3.65. The van der Waals surface area contributed by atoms with Gasteiger partial charge in [0, 0.05) is 6.42 Å². The Hall–Kier alpha value is -4.12. The van der Waals surface area contributed by atoms with E-state index < -0.39 is 34.0 Å². The van der Waals surface area contributed by atoms with Crippen LogP contribution in [0.25, 0.3) is 10.2 Å². The van der Waals surface area contributed by atoms with Gasteiger partial charge in [0.25, 0.3) is 10.0 Å². The summed E-state index contributed by atoms with van der Waals surface area (Å²) in [5.74, 6) is -0.987. The minimum Gasteiger partial charge on any atom is -0.491 e. The van der Waals surface area contributed by atoms with Crippen LogP contribution in [0.2, 0.25) is 0 Å². The SMILES string of the molecule is CC(C)[C@@H](C(=O)NC(Cc1ccc(OCCO)cc1)C(=O)O)n1cc(COc2ccc3nc(S(N)(=O)=O)sc3c2)nn1. The van der Waals surface area contributed by atoms with E-state index in [2.05, 4.69) is 20.6 Å². The number of rotatable bonds is 14. The molecule has 0 fully saturated rings. The van der Waals surface area contributed by atoms with Gasteiger partial charge in [-0.05, 0) is 41.8 Å². The fourth-order valence-corrected chi connectivity index (χ4v) is 5.76. The second kappa shape index (κ2) is 13.2. The quantitative estimate of drug-likeness (QED) is 0.159. The van der Waals surface area contributed by atoms with Crippen LogP contribution in [0, 0.1) is 5.92 Å². The van der Waals surface area contributed by atoms with Crippen molar-refractivity contribution in [3.8, 4) is 11.5 Å². The molecule has 2 aromatic carbocycles. The summed E-state index contributed by atoms with van der Waals surface area (Å²) < 4.78 is 36.0. The molecule has 224 valence electrons. The number of ether oxygens (including phenoxy) is 2. The Kier molecular flexibility index (Phi) is 9.72. The van der Waals surface area contributed by atoms with Crippen LogP contribution in [-0.4, -0.2) is 69.7 Å². The number of nitrogens with zero attached hydrogens (tertiary/aromatic N) is 4. The molecule has 2 heterocycles. The number of thiazole rings is 1. The number of aliphatic hydroxyl groups excluding tert-OH is 1. The molecule has 14 nitrogen and oxygen atoms in total. The molecule has 2 aromatic heterocycles. The first kappa shape index (κ1) is 30.8. The lowest BCUT2D eigenvalue weighted by Crippen LogP contribution is -2.46. The highest BCUT2D eigenvalue weighted by Gasteiger charge is 2.30. The molecule has 0 aliphatic rings. The number of sulfonamides is 1. The highest BCUT2D eigenvalue weighted by molar-refractivity contribution is 7.91. The maximum Gasteiger partial charge on any atom is 0.326 e. The van der Waals surface area contributed by atoms with Gasteiger partial charge in [0.15, 0.2) is 0 Å². The van der Waals surface area contributed by atoms with E-state index in [1.54, 1.807) is 48.7 Å². The number of carbonyl (C=O) groups excluding carboxylic acids is 1. The lowest BCUT2D eigenvalue weighted by atomic mass is 10.0. The molecule has 0 spiro atoms. The van der Waals surface area contributed by atoms with Crippen molar-refractivity contribution in [2.75, 3.05) is 13.2 Å². The number of fused-ring (bicyclic) bond motifs is 1. The summed E-state index contributed by atoms with van der Waals surface area (Å²) in [5, 5.41) is 34.6. The number of carbonyl (C=O) groups is 2. The van der Waals surface area contributed by atoms with Crippen LogP contribution < -0.4 is 19.9 Å². The van der Waals surface area contributed by atoms with Crippen molar-refractivity contribution in [3.05, 3.63) is 59.9 Å². The number of hydrogen-bond donors (Lipinski definition) is 4. The maximum atomic E-state index is 13.3. The molecule has 4 aromatic rings. The average Bonchev–Trinajstić information content (AvgIpc) is 3.58. The topological polar surface area (TPSA) is 209 Å². The molecule has 0 radical (unpaired) electrons. The summed E-state index contributed by atoms with van der Waals surface area (Å²) >= 11 is 0.929. The first-order valence-corrected chi connectivity index (χ1v) is 15.1. The zero-order chi connectivity index (χ0) is 30.4. The number of carboxylic acids is 1. The standard InChI is InChI=1S/C26H30N6O8S2/c1-15(2)23(24(34)28-21(25(35)36)11-16-3-5-18(6-4-16)39-10-9-33)32-13-17(30-31-32)14-40-19-7-8-20-22(12-19)41-26(29-20)42(27,37)38/h3-8,12-13,15,21,23,33H,9-11,14H2,1-2H3,(H,28,34)(H,35,36)(H2,27,37,38)/t21?,23-/m0/s1. The lowest BCUT2D eigenvalue weighted by Gasteiger charge is -2.23. The van der Waals surface area contributed by atoms with Crippen LogP contribution in [0.1, 0.15) is 31.1 Å². The van der Waals surface area contributed by atoms with Gasteiger partial charge in [-0.3, -0.25) is 4.79 Å². The number of nitrogens with two attached hydrogens (primary N) is 1. The van der Waals surface area contributed by atoms with E-state index >= 15 is 0 Å². The normalized spacial score (nSPS) is 13.2. The Morgan fingerprint density at radius 1 is 1.12 bits per heavy atom. The van der Waals surface area contributed by atoms with E-state index in [0.717, 1.165) is 11.3 Å². The molecule has 1 unspecified atom stereocenters. The van der Waals surface area contributed by atoms with E-state index in [1.165, 1.54) is 4.68 Å². The summed E-state index contributed by atoms with van der Waals surface area (Å²) in [5.41, 5.74) is 1.57. The van der Waals surface area contributed by atoms with Gasteiger partial charge in [-0.2, -0.15) is 0 Å². The zero-order valence-electron chi connectivity index (χ0n) is 22.7. The predicted octanol–water partition coefficient (Wildman–Crippen LogP) is 1.49. The lowest BCUT2D eigenvalue weighted by molar-refractivity contribution is -0.142. The molecular weight excluding hydrogens is 588 g/mol. The van der Waals surface area contributed by atoms with Crippen LogP contribution in [0.3, 0.4) is 0 Å². The number of amides is 1. The third-order valence-corrected chi connectivity index (χ3v) is 8.39. The second-order valence-corrected chi connectivity index (χ2v) is 12.4. The Labute approximate surface area is 245 Å². The number of primary sulfonamides is 1. The number of hydrogen-bond acceptors (Lipinski definition) is 11. The predicted molar refractivity (Wildman–Crippen MR) is 152 cm³/mol. The van der Waals surface area contributed by atoms with Crippen LogP contribution in [-0.2, 0) is 32.6 Å². The van der Waals surface area contributed by atoms with E-state index in [-0.39, 0.29) is 36.5 Å². The highest BCUT2D eigenvalue weighted by Crippen LogP contribution is 2.28. The molecule has 0 aliphatic heterocycles. The van der Waals surface area contributed by atoms with Gasteiger partial charge in [-0.15, -0.1) is 16.4 Å². The van der Waals surface area contributed by atoms with Crippen molar-refractivity contribution in [1.82, 2.24) is 25.3 Å². The van der Waals surface area contributed by atoms with Crippen molar-refractivity contribution in [3.63, 3.8) is 0 Å². The van der Waals surface area contributed by atoms with E-state index in [1.807, 2.05) is 13.8 Å². The van der Waals surface area contributed by atoms with Gasteiger partial charge >= 0.3 is 5.97 Å². The number of aliphatic hydroxyl groups is 1. The molecule has 5 N–H and O–H groups in total. The molecule has 0 aliphatic carbocycles. The Morgan fingerprint density at radius 2 is 1.83 bits per heavy atom. The summed E-state index contributed by atoms with van der Waals surface area (Å²) in [4.78, 5) is 29.2. The van der Waals surface area contributed by atoms with E-state index in [0.29, 0.717) is 33.0 Å². The first-order chi connectivity index (χ1) is 19.9. The average molecular weight is 619 g/mol. The molecule has 1 amide bonds. The van der Waals surface area contributed by atoms with Gasteiger partial charge in [0.05, 0.1) is 23.0 Å². The third-order valence-electron chi connectivity index (χ3n) is 6.05. The van der Waals surface area contributed by atoms with Gasteiger partial charge in [0.2, 0.25) is 10.2 Å². The van der Waals surface area contributed by atoms with Crippen LogP contribution in [0.15, 0.2) is 53.0 Å². The minimum atomic E-state index is -3.92. The number of nitrogens with one attached hydrogen (secondary N) is 1. The molecule has 42 heavy (non-hydrogen) atoms. The number of aliphatic carboxylic acids is 1. The van der Waals surface area contributed by atoms with Gasteiger partial charge < -0.3 is 25.0 Å². The van der Waals surface area contributed by atoms with E-state index in [4.69, 9.17) is 19.7 Å². The molecule has 16 heteroatoms. The zero-order valence-corrected chi connectivity index (χ0v) is 24.3. The molecule has 0 bridgehead atoms. The van der Waals surface area contributed by atoms with Crippen molar-refractivity contribution in [2.24, 2.45) is 11.1 Å². The Morgan fingerprint density at radius 3 is 2.48 bits per heavy atom. The molecule has 2 atom stereocenters. The third kappa shape index (κ3) is 7.79. The number of benzene rings is 2. The molecule has 4 rings (SSSR count). The fraction of sp³-hybridized carbons (Fsp3) is 0.346. The maximum absolute atomic E-state index is 13.3. The van der Waals surface area contributed by atoms with Gasteiger partial charge in [-0.1, -0.05) is 31.2 Å². The Balaban J connectivity index is 1.41. The number of aromatic nitrogens is 4. The van der Waals surface area contributed by atoms with Crippen molar-refractivity contribution in [1.29, 1.82) is 0 Å². The first-order valence-electron chi connectivity index (χ1n) is 12.8. The molecule has 0 saturated carbocycles. The molecule has 0 saturated heterocycles. The fourth-order valence-electron chi connectivity index (χ4n) is 4.07. The summed E-state index contributed by atoms with van der Waals surface area (Å²) in [6, 6.07) is 9.58.